The molecule has 1 aliphatic carbocycles. The van der Waals surface area contributed by atoms with Crippen LogP contribution in [-0.2, 0) is 23.9 Å². The Morgan fingerprint density at radius 1 is 1.21 bits per heavy atom. The van der Waals surface area contributed by atoms with Gasteiger partial charge in [-0.05, 0) is 37.9 Å². The summed E-state index contributed by atoms with van der Waals surface area (Å²) in [6.07, 6.45) is 6.68. The van der Waals surface area contributed by atoms with Gasteiger partial charge in [0.05, 0.1) is 12.5 Å². The lowest BCUT2D eigenvalue weighted by Crippen LogP contribution is -2.60. The molecule has 0 aromatic rings. The minimum Gasteiger partial charge on any atom is -0.463 e. The molecule has 2 saturated heterocycles. The number of nitrogens with one attached hydrogen (secondary N) is 2. The predicted molar refractivity (Wildman–Crippen MR) is 105 cm³/mol. The molecule has 28 heavy (non-hydrogen) atoms. The van der Waals surface area contributed by atoms with Gasteiger partial charge in [0.25, 0.3) is 0 Å². The summed E-state index contributed by atoms with van der Waals surface area (Å²) in [6.45, 7) is 1.75. The van der Waals surface area contributed by atoms with Crippen molar-refractivity contribution in [1.29, 1.82) is 0 Å². The highest BCUT2D eigenvalue weighted by Gasteiger charge is 2.35. The van der Waals surface area contributed by atoms with Crippen molar-refractivity contribution in [2.24, 2.45) is 5.92 Å². The lowest BCUT2D eigenvalue weighted by Gasteiger charge is -2.36. The molecule has 9 heteroatoms. The summed E-state index contributed by atoms with van der Waals surface area (Å²) in [6, 6.07) is -0.773. The van der Waals surface area contributed by atoms with E-state index in [1.54, 1.807) is 4.90 Å². The first-order valence-corrected chi connectivity index (χ1v) is 10.6. The summed E-state index contributed by atoms with van der Waals surface area (Å²) < 4.78 is 10.7. The van der Waals surface area contributed by atoms with Gasteiger partial charge in [0.2, 0.25) is 11.8 Å². The normalized spacial score (nSPS) is 25.9. The molecule has 0 radical (unpaired) electrons. The maximum Gasteiger partial charge on any atom is 0.308 e. The molecule has 2 N–H and O–H groups in total. The molecule has 0 aromatic carbocycles. The molecule has 2 unspecified atom stereocenters. The molecule has 0 bridgehead atoms. The maximum atomic E-state index is 12.5. The Bertz CT molecular complexity index is 602. The molecule has 3 aliphatic rings. The Morgan fingerprint density at radius 3 is 2.71 bits per heavy atom. The molecule has 2 amide bonds. The predicted octanol–water partition coefficient (Wildman–Crippen LogP) is 0.881. The van der Waals surface area contributed by atoms with Crippen molar-refractivity contribution in [3.63, 3.8) is 0 Å². The molecule has 8 nitrogen and oxygen atoms in total. The first kappa shape index (κ1) is 21.0. The zero-order chi connectivity index (χ0) is 19.9. The highest BCUT2D eigenvalue weighted by molar-refractivity contribution is 7.80. The van der Waals surface area contributed by atoms with Crippen LogP contribution in [0.3, 0.4) is 0 Å². The minimum atomic E-state index is -0.773. The largest absolute Gasteiger partial charge is 0.463 e. The van der Waals surface area contributed by atoms with Crippen molar-refractivity contribution in [1.82, 2.24) is 15.5 Å². The van der Waals surface area contributed by atoms with Crippen LogP contribution < -0.4 is 10.6 Å². The molecular formula is C19H29N3O5S. The second-order valence-electron chi connectivity index (χ2n) is 7.65. The van der Waals surface area contributed by atoms with E-state index < -0.39 is 12.0 Å². The van der Waals surface area contributed by atoms with Gasteiger partial charge in [-0.3, -0.25) is 14.4 Å². The van der Waals surface area contributed by atoms with Gasteiger partial charge in [0.15, 0.2) is 5.11 Å². The SMILES string of the molecule is O=C(CC1C(=O)NCCN1C(=S)NC(=O)C1CCCCC1)OCC1CCCO1. The molecule has 1 saturated carbocycles. The Hall–Kier alpha value is -1.74. The maximum absolute atomic E-state index is 12.5. The standard InChI is InChI=1S/C19H29N3O5S/c23-16(27-12-14-7-4-10-26-14)11-15-18(25)20-8-9-22(15)19(28)21-17(24)13-5-2-1-3-6-13/h13-15H,1-12H2,(H,20,25)(H,21,24,28). The molecule has 156 valence electrons. The smallest absolute Gasteiger partial charge is 0.308 e. The third-order valence-corrected chi connectivity index (χ3v) is 5.95. The molecule has 2 aliphatic heterocycles. The second-order valence-corrected chi connectivity index (χ2v) is 8.04. The van der Waals surface area contributed by atoms with Crippen LogP contribution >= 0.6 is 12.2 Å². The summed E-state index contributed by atoms with van der Waals surface area (Å²) in [5, 5.41) is 5.75. The number of carbonyl (C=O) groups is 3. The fourth-order valence-electron chi connectivity index (χ4n) is 3.98. The number of esters is 1. The highest BCUT2D eigenvalue weighted by Crippen LogP contribution is 2.24. The molecular weight excluding hydrogens is 382 g/mol. The zero-order valence-electron chi connectivity index (χ0n) is 16.1. The topological polar surface area (TPSA) is 97.0 Å². The van der Waals surface area contributed by atoms with Crippen molar-refractivity contribution < 1.29 is 23.9 Å². The van der Waals surface area contributed by atoms with E-state index in [1.165, 1.54) is 0 Å². The highest BCUT2D eigenvalue weighted by atomic mass is 32.1. The number of hydrogen-bond donors (Lipinski definition) is 2. The Morgan fingerprint density at radius 2 is 2.00 bits per heavy atom. The monoisotopic (exact) mass is 411 g/mol. The number of hydrogen-bond acceptors (Lipinski definition) is 6. The zero-order valence-corrected chi connectivity index (χ0v) is 16.9. The summed E-state index contributed by atoms with van der Waals surface area (Å²) in [5.41, 5.74) is 0. The lowest BCUT2D eigenvalue weighted by atomic mass is 9.89. The average molecular weight is 412 g/mol. The van der Waals surface area contributed by atoms with E-state index in [1.807, 2.05) is 0 Å². The van der Waals surface area contributed by atoms with E-state index in [4.69, 9.17) is 21.7 Å². The van der Waals surface area contributed by atoms with E-state index in [0.717, 1.165) is 44.9 Å². The van der Waals surface area contributed by atoms with Crippen LogP contribution in [0.1, 0.15) is 51.4 Å². The number of amides is 2. The van der Waals surface area contributed by atoms with Gasteiger partial charge in [-0.2, -0.15) is 0 Å². The van der Waals surface area contributed by atoms with Crippen LogP contribution in [0.4, 0.5) is 0 Å². The first-order valence-electron chi connectivity index (χ1n) is 10.2. The lowest BCUT2D eigenvalue weighted by molar-refractivity contribution is -0.150. The van der Waals surface area contributed by atoms with Crippen LogP contribution in [-0.4, -0.2) is 66.2 Å². The third kappa shape index (κ3) is 5.64. The van der Waals surface area contributed by atoms with E-state index in [9.17, 15) is 14.4 Å². The molecule has 2 heterocycles. The summed E-state index contributed by atoms with van der Waals surface area (Å²) in [5.74, 6) is -0.867. The van der Waals surface area contributed by atoms with Gasteiger partial charge >= 0.3 is 5.97 Å². The Balaban J connectivity index is 1.53. The van der Waals surface area contributed by atoms with E-state index in [0.29, 0.717) is 19.7 Å². The van der Waals surface area contributed by atoms with E-state index in [2.05, 4.69) is 10.6 Å². The van der Waals surface area contributed by atoms with Gasteiger partial charge < -0.3 is 25.0 Å². The van der Waals surface area contributed by atoms with Gasteiger partial charge in [-0.15, -0.1) is 0 Å². The minimum absolute atomic E-state index is 0.0276. The van der Waals surface area contributed by atoms with Crippen molar-refractivity contribution in [3.05, 3.63) is 0 Å². The van der Waals surface area contributed by atoms with Crippen molar-refractivity contribution in [2.45, 2.75) is 63.5 Å². The number of piperazine rings is 1. The van der Waals surface area contributed by atoms with Crippen LogP contribution in [0, 0.1) is 5.92 Å². The van der Waals surface area contributed by atoms with Crippen LogP contribution in [0.2, 0.25) is 0 Å². The fourth-order valence-corrected chi connectivity index (χ4v) is 4.30. The number of rotatable bonds is 5. The van der Waals surface area contributed by atoms with Crippen molar-refractivity contribution >= 4 is 35.1 Å². The van der Waals surface area contributed by atoms with Crippen molar-refractivity contribution in [3.8, 4) is 0 Å². The number of thiocarbonyl (C=S) groups is 1. The molecule has 0 aromatic heterocycles. The van der Waals surface area contributed by atoms with E-state index >= 15 is 0 Å². The Kier molecular flexibility index (Phi) is 7.61. The number of ether oxygens (including phenoxy) is 2. The number of carbonyl (C=O) groups excluding carboxylic acids is 3. The van der Waals surface area contributed by atoms with Gasteiger partial charge in [-0.1, -0.05) is 19.3 Å². The van der Waals surface area contributed by atoms with Gasteiger partial charge in [0.1, 0.15) is 12.6 Å². The summed E-state index contributed by atoms with van der Waals surface area (Å²) >= 11 is 5.40. The summed E-state index contributed by atoms with van der Waals surface area (Å²) in [4.78, 5) is 38.7. The fraction of sp³-hybridized carbons (Fsp3) is 0.789. The van der Waals surface area contributed by atoms with Crippen LogP contribution in [0.15, 0.2) is 0 Å². The second kappa shape index (κ2) is 10.2. The quantitative estimate of drug-likeness (QED) is 0.512. The van der Waals surface area contributed by atoms with E-state index in [-0.39, 0.29) is 42.0 Å². The molecule has 2 atom stereocenters. The van der Waals surface area contributed by atoms with Gasteiger partial charge in [-0.25, -0.2) is 0 Å². The van der Waals surface area contributed by atoms with Crippen molar-refractivity contribution in [2.75, 3.05) is 26.3 Å². The summed E-state index contributed by atoms with van der Waals surface area (Å²) in [7, 11) is 0. The molecule has 0 spiro atoms. The van der Waals surface area contributed by atoms with Crippen LogP contribution in [0.25, 0.3) is 0 Å². The third-order valence-electron chi connectivity index (χ3n) is 5.61. The first-order chi connectivity index (χ1) is 13.5. The molecule has 3 rings (SSSR count). The number of nitrogens with zero attached hydrogens (tertiary/aromatic N) is 1. The molecule has 3 fully saturated rings. The average Bonchev–Trinajstić information content (AvgIpc) is 3.22. The van der Waals surface area contributed by atoms with Crippen LogP contribution in [0.5, 0.6) is 0 Å². The van der Waals surface area contributed by atoms with Gasteiger partial charge in [0, 0.05) is 25.6 Å². The Labute approximate surface area is 170 Å².